The maximum Gasteiger partial charge on any atom is 0.274 e. The predicted molar refractivity (Wildman–Crippen MR) is 114 cm³/mol. The summed E-state index contributed by atoms with van der Waals surface area (Å²) < 4.78 is 0. The second-order valence-corrected chi connectivity index (χ2v) is 8.22. The maximum absolute atomic E-state index is 12.8. The minimum Gasteiger partial charge on any atom is -0.349 e. The van der Waals surface area contributed by atoms with Gasteiger partial charge in [-0.15, -0.1) is 11.3 Å². The molecular weight excluding hydrogens is 400 g/mol. The molecule has 0 atom stereocenters. The van der Waals surface area contributed by atoms with Crippen LogP contribution in [0.2, 0.25) is 0 Å². The molecule has 3 aromatic heterocycles. The largest absolute Gasteiger partial charge is 0.349 e. The number of amides is 2. The van der Waals surface area contributed by atoms with Crippen molar-refractivity contribution in [1.29, 1.82) is 0 Å². The van der Waals surface area contributed by atoms with Crippen LogP contribution in [-0.4, -0.2) is 50.0 Å². The zero-order chi connectivity index (χ0) is 20.9. The lowest BCUT2D eigenvalue weighted by atomic mass is 9.95. The smallest absolute Gasteiger partial charge is 0.274 e. The molecule has 1 aliphatic heterocycles. The molecule has 8 nitrogen and oxygen atoms in total. The van der Waals surface area contributed by atoms with Crippen molar-refractivity contribution in [2.45, 2.75) is 32.7 Å². The molecule has 0 unspecified atom stereocenters. The molecule has 156 valence electrons. The molecule has 2 amide bonds. The highest BCUT2D eigenvalue weighted by atomic mass is 32.1. The van der Waals surface area contributed by atoms with Gasteiger partial charge in [-0.05, 0) is 37.5 Å². The number of aromatic amines is 1. The van der Waals surface area contributed by atoms with Crippen molar-refractivity contribution in [2.24, 2.45) is 5.92 Å². The van der Waals surface area contributed by atoms with Crippen LogP contribution in [-0.2, 0) is 17.8 Å². The Morgan fingerprint density at radius 1 is 1.27 bits per heavy atom. The lowest BCUT2D eigenvalue weighted by molar-refractivity contribution is -0.126. The van der Waals surface area contributed by atoms with E-state index in [1.165, 1.54) is 0 Å². The fraction of sp³-hybridized carbons (Fsp3) is 0.381. The topological polar surface area (TPSA) is 104 Å². The van der Waals surface area contributed by atoms with Gasteiger partial charge >= 0.3 is 0 Å². The van der Waals surface area contributed by atoms with Crippen molar-refractivity contribution in [2.75, 3.05) is 13.1 Å². The second-order valence-electron chi connectivity index (χ2n) is 7.27. The quantitative estimate of drug-likeness (QED) is 0.633. The molecule has 0 radical (unpaired) electrons. The molecule has 0 spiro atoms. The predicted octanol–water partition coefficient (Wildman–Crippen LogP) is 2.66. The Morgan fingerprint density at radius 3 is 2.73 bits per heavy atom. The highest BCUT2D eigenvalue weighted by Crippen LogP contribution is 2.21. The van der Waals surface area contributed by atoms with E-state index in [0.29, 0.717) is 38.2 Å². The summed E-state index contributed by atoms with van der Waals surface area (Å²) in [4.78, 5) is 35.5. The first kappa shape index (κ1) is 20.2. The van der Waals surface area contributed by atoms with E-state index < -0.39 is 0 Å². The third kappa shape index (κ3) is 4.56. The Labute approximate surface area is 178 Å². The van der Waals surface area contributed by atoms with Gasteiger partial charge in [-0.2, -0.15) is 5.10 Å². The molecule has 9 heteroatoms. The first-order valence-electron chi connectivity index (χ1n) is 10.1. The Morgan fingerprint density at radius 2 is 2.03 bits per heavy atom. The molecule has 1 aliphatic rings. The molecular formula is C21H24N6O2S. The number of hydrogen-bond acceptors (Lipinski definition) is 6. The van der Waals surface area contributed by atoms with Crippen LogP contribution in [0.4, 0.5) is 0 Å². The van der Waals surface area contributed by atoms with E-state index in [2.05, 4.69) is 32.4 Å². The third-order valence-electron chi connectivity index (χ3n) is 5.32. The van der Waals surface area contributed by atoms with Crippen LogP contribution in [0.25, 0.3) is 11.3 Å². The van der Waals surface area contributed by atoms with Gasteiger partial charge in [0.2, 0.25) is 5.91 Å². The van der Waals surface area contributed by atoms with Crippen molar-refractivity contribution in [3.8, 4) is 11.3 Å². The summed E-state index contributed by atoms with van der Waals surface area (Å²) in [7, 11) is 0. The lowest BCUT2D eigenvalue weighted by Crippen LogP contribution is -2.43. The van der Waals surface area contributed by atoms with Gasteiger partial charge in [0.1, 0.15) is 5.01 Å². The Kier molecular flexibility index (Phi) is 6.18. The standard InChI is InChI=1S/C21H24N6O2S/c1-2-16-13-30-19(24-16)12-23-20(28)15-5-9-27(10-6-15)21(29)18-11-17(25-26-18)14-3-7-22-8-4-14/h3-4,7-8,11,13,15H,2,5-6,9-10,12H2,1H3,(H,23,28)(H,25,26). The van der Waals surface area contributed by atoms with E-state index in [9.17, 15) is 9.59 Å². The summed E-state index contributed by atoms with van der Waals surface area (Å²) in [6.45, 7) is 3.63. The summed E-state index contributed by atoms with van der Waals surface area (Å²) in [6, 6.07) is 5.48. The van der Waals surface area contributed by atoms with Crippen molar-refractivity contribution in [3.05, 3.63) is 52.4 Å². The molecule has 0 saturated carbocycles. The van der Waals surface area contributed by atoms with Gasteiger partial charge in [0.25, 0.3) is 5.91 Å². The number of carbonyl (C=O) groups is 2. The second kappa shape index (κ2) is 9.17. The zero-order valence-electron chi connectivity index (χ0n) is 16.8. The molecule has 0 bridgehead atoms. The number of piperidine rings is 1. The Balaban J connectivity index is 1.28. The maximum atomic E-state index is 12.8. The first-order valence-corrected chi connectivity index (χ1v) is 11.0. The van der Waals surface area contributed by atoms with Crippen LogP contribution in [0, 0.1) is 5.92 Å². The molecule has 1 saturated heterocycles. The summed E-state index contributed by atoms with van der Waals surface area (Å²) in [5.41, 5.74) is 3.16. The Hall–Kier alpha value is -3.07. The number of thiazole rings is 1. The zero-order valence-corrected chi connectivity index (χ0v) is 17.6. The van der Waals surface area contributed by atoms with E-state index in [1.807, 2.05) is 17.5 Å². The number of carbonyl (C=O) groups excluding carboxylic acids is 2. The number of aromatic nitrogens is 4. The van der Waals surface area contributed by atoms with E-state index >= 15 is 0 Å². The lowest BCUT2D eigenvalue weighted by Gasteiger charge is -2.30. The van der Waals surface area contributed by atoms with Crippen LogP contribution < -0.4 is 5.32 Å². The van der Waals surface area contributed by atoms with Gasteiger partial charge in [0.15, 0.2) is 5.69 Å². The van der Waals surface area contributed by atoms with Crippen molar-refractivity contribution < 1.29 is 9.59 Å². The van der Waals surface area contributed by atoms with Crippen molar-refractivity contribution in [1.82, 2.24) is 30.4 Å². The van der Waals surface area contributed by atoms with E-state index in [0.717, 1.165) is 28.4 Å². The van der Waals surface area contributed by atoms with Crippen LogP contribution >= 0.6 is 11.3 Å². The molecule has 2 N–H and O–H groups in total. The third-order valence-corrected chi connectivity index (χ3v) is 6.21. The summed E-state index contributed by atoms with van der Waals surface area (Å²) in [6.07, 6.45) is 5.60. The Bertz CT molecular complexity index is 1010. The number of aryl methyl sites for hydroxylation is 1. The highest BCUT2D eigenvalue weighted by molar-refractivity contribution is 7.09. The molecule has 0 aromatic carbocycles. The molecule has 30 heavy (non-hydrogen) atoms. The number of nitrogens with one attached hydrogen (secondary N) is 2. The van der Waals surface area contributed by atoms with Crippen LogP contribution in [0.15, 0.2) is 36.0 Å². The fourth-order valence-corrected chi connectivity index (χ4v) is 4.33. The number of nitrogens with zero attached hydrogens (tertiary/aromatic N) is 4. The van der Waals surface area contributed by atoms with Crippen LogP contribution in [0.3, 0.4) is 0 Å². The van der Waals surface area contributed by atoms with E-state index in [-0.39, 0.29) is 17.7 Å². The molecule has 3 aromatic rings. The average molecular weight is 425 g/mol. The highest BCUT2D eigenvalue weighted by Gasteiger charge is 2.28. The monoisotopic (exact) mass is 424 g/mol. The van der Waals surface area contributed by atoms with Crippen molar-refractivity contribution in [3.63, 3.8) is 0 Å². The van der Waals surface area contributed by atoms with Crippen LogP contribution in [0.1, 0.15) is 41.0 Å². The molecule has 4 heterocycles. The van der Waals surface area contributed by atoms with Gasteiger partial charge in [-0.1, -0.05) is 6.92 Å². The summed E-state index contributed by atoms with van der Waals surface area (Å²) >= 11 is 1.57. The van der Waals surface area contributed by atoms with E-state index in [1.54, 1.807) is 34.7 Å². The van der Waals surface area contributed by atoms with Crippen molar-refractivity contribution >= 4 is 23.2 Å². The van der Waals surface area contributed by atoms with Gasteiger partial charge < -0.3 is 10.2 Å². The number of pyridine rings is 1. The van der Waals surface area contributed by atoms with Gasteiger partial charge in [0.05, 0.1) is 17.9 Å². The number of likely N-dealkylation sites (tertiary alicyclic amines) is 1. The van der Waals surface area contributed by atoms with Gasteiger partial charge in [-0.3, -0.25) is 19.7 Å². The number of hydrogen-bond donors (Lipinski definition) is 2. The van der Waals surface area contributed by atoms with Gasteiger partial charge in [-0.25, -0.2) is 4.98 Å². The van der Waals surface area contributed by atoms with Gasteiger partial charge in [0, 0.05) is 42.3 Å². The molecule has 0 aliphatic carbocycles. The van der Waals surface area contributed by atoms with E-state index in [4.69, 9.17) is 0 Å². The summed E-state index contributed by atoms with van der Waals surface area (Å²) in [5, 5.41) is 13.0. The van der Waals surface area contributed by atoms with Crippen LogP contribution in [0.5, 0.6) is 0 Å². The first-order chi connectivity index (χ1) is 14.6. The molecule has 4 rings (SSSR count). The number of rotatable bonds is 6. The summed E-state index contributed by atoms with van der Waals surface area (Å²) in [5.74, 6) is -0.151. The molecule has 1 fully saturated rings. The SMILES string of the molecule is CCc1csc(CNC(=O)C2CCN(C(=O)c3cc(-c4ccncc4)[nH]n3)CC2)n1. The minimum atomic E-state index is -0.111. The fourth-order valence-electron chi connectivity index (χ4n) is 3.52. The normalized spacial score (nSPS) is 14.6. The average Bonchev–Trinajstić information content (AvgIpc) is 3.47. The number of H-pyrrole nitrogens is 1. The minimum absolute atomic E-state index is 0.0371.